The first-order valence-corrected chi connectivity index (χ1v) is 9.80. The Kier molecular flexibility index (Phi) is 6.10. The summed E-state index contributed by atoms with van der Waals surface area (Å²) in [6.45, 7) is 1.83. The van der Waals surface area contributed by atoms with Crippen LogP contribution in [0.15, 0.2) is 12.3 Å². The second-order valence-electron chi connectivity index (χ2n) is 7.51. The summed E-state index contributed by atoms with van der Waals surface area (Å²) in [6.07, 6.45) is 13.2. The van der Waals surface area contributed by atoms with Gasteiger partial charge in [0.15, 0.2) is 0 Å². The maximum atomic E-state index is 12.4. The zero-order valence-electron chi connectivity index (χ0n) is 15.2. The average molecular weight is 346 g/mol. The van der Waals surface area contributed by atoms with Gasteiger partial charge in [0, 0.05) is 18.3 Å². The molecule has 25 heavy (non-hydrogen) atoms. The van der Waals surface area contributed by atoms with Crippen LogP contribution in [0.2, 0.25) is 0 Å². The van der Waals surface area contributed by atoms with Crippen molar-refractivity contribution in [1.82, 2.24) is 20.4 Å². The molecule has 2 saturated carbocycles. The van der Waals surface area contributed by atoms with Crippen LogP contribution in [-0.2, 0) is 4.79 Å². The Hall–Kier alpha value is -1.85. The highest BCUT2D eigenvalue weighted by molar-refractivity contribution is 5.92. The third-order valence-corrected chi connectivity index (χ3v) is 5.51. The van der Waals surface area contributed by atoms with Crippen molar-refractivity contribution in [2.45, 2.75) is 89.3 Å². The van der Waals surface area contributed by atoms with Crippen molar-refractivity contribution < 1.29 is 9.59 Å². The topological polar surface area (TPSA) is 76.0 Å². The van der Waals surface area contributed by atoms with Gasteiger partial charge >= 0.3 is 0 Å². The summed E-state index contributed by atoms with van der Waals surface area (Å²) >= 11 is 0. The third kappa shape index (κ3) is 4.83. The number of carbonyl (C=O) groups excluding carboxylic acids is 2. The van der Waals surface area contributed by atoms with Crippen molar-refractivity contribution >= 4 is 11.8 Å². The van der Waals surface area contributed by atoms with Gasteiger partial charge in [0.05, 0.1) is 0 Å². The molecule has 2 amide bonds. The smallest absolute Gasteiger partial charge is 0.271 e. The minimum Gasteiger partial charge on any atom is -0.352 e. The first kappa shape index (κ1) is 18.0. The van der Waals surface area contributed by atoms with E-state index in [1.165, 1.54) is 38.5 Å². The van der Waals surface area contributed by atoms with Gasteiger partial charge < -0.3 is 10.6 Å². The molecule has 0 bridgehead atoms. The summed E-state index contributed by atoms with van der Waals surface area (Å²) in [4.78, 5) is 24.8. The van der Waals surface area contributed by atoms with Crippen LogP contribution in [0.4, 0.5) is 0 Å². The SMILES string of the molecule is C[C@H](C(=O)NC1CCCCC1)n1ccc(C(=O)NC2CCCCC2)n1. The lowest BCUT2D eigenvalue weighted by molar-refractivity contribution is -0.125. The van der Waals surface area contributed by atoms with Gasteiger partial charge in [-0.25, -0.2) is 0 Å². The fourth-order valence-electron chi connectivity index (χ4n) is 3.87. The zero-order valence-corrected chi connectivity index (χ0v) is 15.2. The first-order chi connectivity index (χ1) is 12.1. The molecule has 1 aromatic heterocycles. The van der Waals surface area contributed by atoms with Crippen LogP contribution in [0.1, 0.15) is 87.7 Å². The lowest BCUT2D eigenvalue weighted by atomic mass is 9.95. The molecule has 2 fully saturated rings. The van der Waals surface area contributed by atoms with Gasteiger partial charge in [0.2, 0.25) is 5.91 Å². The predicted octanol–water partition coefficient (Wildman–Crippen LogP) is 2.96. The van der Waals surface area contributed by atoms with Crippen LogP contribution in [0.5, 0.6) is 0 Å². The van der Waals surface area contributed by atoms with Gasteiger partial charge in [0.1, 0.15) is 11.7 Å². The number of carbonyl (C=O) groups is 2. The number of nitrogens with one attached hydrogen (secondary N) is 2. The molecule has 2 N–H and O–H groups in total. The molecular weight excluding hydrogens is 316 g/mol. The Bertz CT molecular complexity index is 586. The summed E-state index contributed by atoms with van der Waals surface area (Å²) in [7, 11) is 0. The Morgan fingerprint density at radius 3 is 2.16 bits per heavy atom. The predicted molar refractivity (Wildman–Crippen MR) is 96.3 cm³/mol. The molecule has 6 nitrogen and oxygen atoms in total. The maximum Gasteiger partial charge on any atom is 0.271 e. The van der Waals surface area contributed by atoms with Crippen LogP contribution < -0.4 is 10.6 Å². The van der Waals surface area contributed by atoms with E-state index >= 15 is 0 Å². The normalized spacial score (nSPS) is 20.8. The van der Waals surface area contributed by atoms with Crippen molar-refractivity contribution in [2.24, 2.45) is 0 Å². The van der Waals surface area contributed by atoms with Crippen LogP contribution in [0, 0.1) is 0 Å². The van der Waals surface area contributed by atoms with Gasteiger partial charge in [-0.2, -0.15) is 5.10 Å². The Balaban J connectivity index is 1.53. The molecule has 1 heterocycles. The largest absolute Gasteiger partial charge is 0.352 e. The Labute approximate surface area is 149 Å². The minimum absolute atomic E-state index is 0.0192. The number of hydrogen-bond acceptors (Lipinski definition) is 3. The van der Waals surface area contributed by atoms with Gasteiger partial charge in [-0.15, -0.1) is 0 Å². The fraction of sp³-hybridized carbons (Fsp3) is 0.737. The minimum atomic E-state index is -0.404. The highest BCUT2D eigenvalue weighted by Crippen LogP contribution is 2.19. The number of nitrogens with zero attached hydrogens (tertiary/aromatic N) is 2. The van der Waals surface area contributed by atoms with Crippen LogP contribution in [0.3, 0.4) is 0 Å². The molecule has 0 unspecified atom stereocenters. The second-order valence-corrected chi connectivity index (χ2v) is 7.51. The summed E-state index contributed by atoms with van der Waals surface area (Å²) in [5, 5.41) is 10.5. The maximum absolute atomic E-state index is 12.4. The van der Waals surface area contributed by atoms with E-state index in [0.29, 0.717) is 5.69 Å². The van der Waals surface area contributed by atoms with Gasteiger partial charge in [-0.1, -0.05) is 38.5 Å². The van der Waals surface area contributed by atoms with E-state index in [9.17, 15) is 9.59 Å². The Morgan fingerprint density at radius 2 is 1.56 bits per heavy atom. The van der Waals surface area contributed by atoms with Gasteiger partial charge in [-0.3, -0.25) is 14.3 Å². The highest BCUT2D eigenvalue weighted by Gasteiger charge is 2.23. The molecule has 6 heteroatoms. The summed E-state index contributed by atoms with van der Waals surface area (Å²) in [5.41, 5.74) is 0.392. The van der Waals surface area contributed by atoms with Crippen LogP contribution in [-0.4, -0.2) is 33.7 Å². The van der Waals surface area contributed by atoms with Gasteiger partial charge in [0.25, 0.3) is 5.91 Å². The van der Waals surface area contributed by atoms with E-state index in [4.69, 9.17) is 0 Å². The second kappa shape index (κ2) is 8.50. The number of hydrogen-bond donors (Lipinski definition) is 2. The summed E-state index contributed by atoms with van der Waals surface area (Å²) < 4.78 is 1.59. The summed E-state index contributed by atoms with van der Waals surface area (Å²) in [5.74, 6) is -0.153. The van der Waals surface area contributed by atoms with Crippen molar-refractivity contribution in [3.8, 4) is 0 Å². The molecule has 0 aliphatic heterocycles. The molecular formula is C19H30N4O2. The average Bonchev–Trinajstić information content (AvgIpc) is 3.13. The van der Waals surface area contributed by atoms with Crippen molar-refractivity contribution in [3.63, 3.8) is 0 Å². The van der Waals surface area contributed by atoms with E-state index in [2.05, 4.69) is 15.7 Å². The zero-order chi connectivity index (χ0) is 17.6. The molecule has 1 aromatic rings. The summed E-state index contributed by atoms with van der Waals surface area (Å²) in [6, 6.07) is 1.84. The molecule has 2 aliphatic rings. The van der Waals surface area contributed by atoms with E-state index in [1.807, 2.05) is 6.92 Å². The first-order valence-electron chi connectivity index (χ1n) is 9.80. The van der Waals surface area contributed by atoms with E-state index < -0.39 is 6.04 Å². The molecule has 1 atom stereocenters. The quantitative estimate of drug-likeness (QED) is 0.860. The molecule has 0 aromatic carbocycles. The lowest BCUT2D eigenvalue weighted by Gasteiger charge is -2.24. The molecule has 0 spiro atoms. The van der Waals surface area contributed by atoms with Crippen molar-refractivity contribution in [1.29, 1.82) is 0 Å². The third-order valence-electron chi connectivity index (χ3n) is 5.51. The van der Waals surface area contributed by atoms with Crippen LogP contribution in [0.25, 0.3) is 0 Å². The molecule has 0 radical (unpaired) electrons. The van der Waals surface area contributed by atoms with E-state index in [0.717, 1.165) is 25.7 Å². The lowest BCUT2D eigenvalue weighted by Crippen LogP contribution is -2.40. The fourth-order valence-corrected chi connectivity index (χ4v) is 3.87. The monoisotopic (exact) mass is 346 g/mol. The molecule has 2 aliphatic carbocycles. The van der Waals surface area contributed by atoms with E-state index in [1.54, 1.807) is 16.9 Å². The highest BCUT2D eigenvalue weighted by atomic mass is 16.2. The number of amides is 2. The van der Waals surface area contributed by atoms with E-state index in [-0.39, 0.29) is 23.9 Å². The Morgan fingerprint density at radius 1 is 1.00 bits per heavy atom. The molecule has 0 saturated heterocycles. The molecule has 138 valence electrons. The standard InChI is InChI=1S/C19H30N4O2/c1-14(18(24)20-15-8-4-2-5-9-15)23-13-12-17(22-23)19(25)21-16-10-6-3-7-11-16/h12-16H,2-11H2,1H3,(H,20,24)(H,21,25)/t14-/m1/s1. The van der Waals surface area contributed by atoms with Crippen LogP contribution >= 0.6 is 0 Å². The van der Waals surface area contributed by atoms with Crippen molar-refractivity contribution in [3.05, 3.63) is 18.0 Å². The number of rotatable bonds is 5. The van der Waals surface area contributed by atoms with Crippen molar-refractivity contribution in [2.75, 3.05) is 0 Å². The number of aromatic nitrogens is 2. The van der Waals surface area contributed by atoms with Gasteiger partial charge in [-0.05, 0) is 38.7 Å². The molecule has 3 rings (SSSR count).